The van der Waals surface area contributed by atoms with Gasteiger partial charge in [0.2, 0.25) is 0 Å². The minimum atomic E-state index is -0.526. The van der Waals surface area contributed by atoms with Crippen molar-refractivity contribution in [1.29, 1.82) is 0 Å². The fourth-order valence-electron chi connectivity index (χ4n) is 3.38. The lowest BCUT2D eigenvalue weighted by Gasteiger charge is -2.32. The third-order valence-corrected chi connectivity index (χ3v) is 4.89. The normalized spacial score (nSPS) is 17.8. The van der Waals surface area contributed by atoms with Crippen LogP contribution in [0.4, 0.5) is 4.39 Å². The number of hydrogen-bond acceptors (Lipinski definition) is 4. The quantitative estimate of drug-likeness (QED) is 0.900. The zero-order valence-electron chi connectivity index (χ0n) is 14.3. The second-order valence-electron chi connectivity index (χ2n) is 6.38. The highest BCUT2D eigenvalue weighted by Gasteiger charge is 2.31. The molecule has 1 aliphatic heterocycles. The van der Waals surface area contributed by atoms with Gasteiger partial charge in [0, 0.05) is 13.1 Å². The molecule has 1 fully saturated rings. The molecule has 1 aromatic heterocycles. The Labute approximate surface area is 151 Å². The minimum Gasteiger partial charge on any atom is -0.360 e. The molecule has 2 heterocycles. The van der Waals surface area contributed by atoms with Crippen LogP contribution in [0.2, 0.25) is 5.02 Å². The number of likely N-dealkylation sites (tertiary alicyclic amines) is 1. The summed E-state index contributed by atoms with van der Waals surface area (Å²) in [6.07, 6.45) is 2.03. The molecule has 3 rings (SSSR count). The lowest BCUT2D eigenvalue weighted by atomic mass is 9.96. The van der Waals surface area contributed by atoms with Crippen LogP contribution in [-0.2, 0) is 0 Å². The first-order chi connectivity index (χ1) is 12.0. The molecule has 134 valence electrons. The molecular weight excluding hydrogens is 345 g/mol. The number of carbonyl (C=O) groups is 1. The number of hydrogen-bond donors (Lipinski definition) is 1. The zero-order chi connectivity index (χ0) is 18.0. The maximum atomic E-state index is 14.3. The Morgan fingerprint density at radius 2 is 2.32 bits per heavy atom. The summed E-state index contributed by atoms with van der Waals surface area (Å²) in [7, 11) is 1.91. The number of piperidine rings is 1. The Morgan fingerprint density at radius 3 is 3.04 bits per heavy atom. The van der Waals surface area contributed by atoms with Crippen molar-refractivity contribution in [3.05, 3.63) is 40.4 Å². The molecule has 25 heavy (non-hydrogen) atoms. The maximum absolute atomic E-state index is 14.3. The van der Waals surface area contributed by atoms with Crippen molar-refractivity contribution >= 4 is 17.5 Å². The first-order valence-corrected chi connectivity index (χ1v) is 8.75. The van der Waals surface area contributed by atoms with Crippen molar-refractivity contribution in [2.24, 2.45) is 5.92 Å². The Hall–Kier alpha value is -1.92. The molecule has 1 aliphatic rings. The topological polar surface area (TPSA) is 58.4 Å². The molecule has 5 nitrogen and oxygen atoms in total. The van der Waals surface area contributed by atoms with Gasteiger partial charge in [-0.2, -0.15) is 0 Å². The fraction of sp³-hybridized carbons (Fsp3) is 0.444. The highest BCUT2D eigenvalue weighted by molar-refractivity contribution is 6.33. The summed E-state index contributed by atoms with van der Waals surface area (Å²) >= 11 is 6.15. The van der Waals surface area contributed by atoms with Crippen molar-refractivity contribution in [1.82, 2.24) is 15.4 Å². The molecule has 0 spiro atoms. The molecule has 1 atom stereocenters. The van der Waals surface area contributed by atoms with Gasteiger partial charge in [0.15, 0.2) is 0 Å². The summed E-state index contributed by atoms with van der Waals surface area (Å²) in [6.45, 7) is 3.86. The number of rotatable bonds is 4. The number of benzene rings is 1. The Kier molecular flexibility index (Phi) is 5.39. The van der Waals surface area contributed by atoms with Crippen LogP contribution in [0, 0.1) is 18.7 Å². The number of carbonyl (C=O) groups excluding carboxylic acids is 1. The molecule has 0 aliphatic carbocycles. The molecule has 0 saturated carbocycles. The van der Waals surface area contributed by atoms with Crippen LogP contribution >= 0.6 is 11.6 Å². The monoisotopic (exact) mass is 365 g/mol. The zero-order valence-corrected chi connectivity index (χ0v) is 15.1. The van der Waals surface area contributed by atoms with Crippen LogP contribution in [0.25, 0.3) is 11.3 Å². The summed E-state index contributed by atoms with van der Waals surface area (Å²) < 4.78 is 19.5. The maximum Gasteiger partial charge on any atom is 0.259 e. The Morgan fingerprint density at radius 1 is 1.52 bits per heavy atom. The van der Waals surface area contributed by atoms with Crippen molar-refractivity contribution in [2.45, 2.75) is 19.8 Å². The van der Waals surface area contributed by atoms with Crippen molar-refractivity contribution in [3.8, 4) is 11.3 Å². The minimum absolute atomic E-state index is 0.105. The molecule has 1 amide bonds. The summed E-state index contributed by atoms with van der Waals surface area (Å²) in [5.74, 6) is 0.0638. The molecule has 1 unspecified atom stereocenters. The van der Waals surface area contributed by atoms with E-state index in [9.17, 15) is 9.18 Å². The van der Waals surface area contributed by atoms with Gasteiger partial charge in [-0.25, -0.2) is 4.39 Å². The van der Waals surface area contributed by atoms with Crippen LogP contribution in [0.15, 0.2) is 22.7 Å². The van der Waals surface area contributed by atoms with Gasteiger partial charge in [-0.15, -0.1) is 0 Å². The SMILES string of the molecule is CNCC1CCCN(C(=O)c2c(-c3c(F)cccc3Cl)noc2C)C1. The summed E-state index contributed by atoms with van der Waals surface area (Å²) in [6, 6.07) is 4.38. The van der Waals surface area contributed by atoms with E-state index < -0.39 is 5.82 Å². The van der Waals surface area contributed by atoms with Crippen LogP contribution in [0.5, 0.6) is 0 Å². The van der Waals surface area contributed by atoms with Gasteiger partial charge in [-0.3, -0.25) is 4.79 Å². The predicted molar refractivity (Wildman–Crippen MR) is 94.2 cm³/mol. The third-order valence-electron chi connectivity index (χ3n) is 4.58. The van der Waals surface area contributed by atoms with E-state index in [-0.39, 0.29) is 27.8 Å². The Balaban J connectivity index is 1.95. The second kappa shape index (κ2) is 7.54. The van der Waals surface area contributed by atoms with Gasteiger partial charge in [-0.05, 0) is 51.4 Å². The first-order valence-electron chi connectivity index (χ1n) is 8.37. The van der Waals surface area contributed by atoms with Gasteiger partial charge in [0.1, 0.15) is 22.8 Å². The number of amides is 1. The highest BCUT2D eigenvalue weighted by atomic mass is 35.5. The molecule has 1 N–H and O–H groups in total. The van der Waals surface area contributed by atoms with Crippen molar-refractivity contribution < 1.29 is 13.7 Å². The standard InChI is InChI=1S/C18H21ClFN3O2/c1-11-15(18(24)23-8-4-5-12(10-23)9-21-2)17(22-25-11)16-13(19)6-3-7-14(16)20/h3,6-7,12,21H,4-5,8-10H2,1-2H3. The number of aryl methyl sites for hydroxylation is 1. The van der Waals surface area contributed by atoms with Crippen molar-refractivity contribution in [2.75, 3.05) is 26.7 Å². The molecular formula is C18H21ClFN3O2. The van der Waals surface area contributed by atoms with E-state index in [1.165, 1.54) is 12.1 Å². The van der Waals surface area contributed by atoms with Gasteiger partial charge in [0.25, 0.3) is 5.91 Å². The number of aromatic nitrogens is 1. The van der Waals surface area contributed by atoms with Gasteiger partial charge < -0.3 is 14.7 Å². The lowest BCUT2D eigenvalue weighted by Crippen LogP contribution is -2.42. The van der Waals surface area contributed by atoms with Crippen LogP contribution < -0.4 is 5.32 Å². The molecule has 0 bridgehead atoms. The summed E-state index contributed by atoms with van der Waals surface area (Å²) in [4.78, 5) is 14.9. The number of nitrogens with zero attached hydrogens (tertiary/aromatic N) is 2. The molecule has 7 heteroatoms. The van der Waals surface area contributed by atoms with E-state index in [4.69, 9.17) is 16.1 Å². The molecule has 1 aromatic carbocycles. The van der Waals surface area contributed by atoms with E-state index in [0.717, 1.165) is 19.4 Å². The Bertz CT molecular complexity index is 755. The van der Waals surface area contributed by atoms with Gasteiger partial charge >= 0.3 is 0 Å². The molecule has 1 saturated heterocycles. The average molecular weight is 366 g/mol. The largest absolute Gasteiger partial charge is 0.360 e. The van der Waals surface area contributed by atoms with E-state index in [1.807, 2.05) is 7.05 Å². The van der Waals surface area contributed by atoms with Crippen molar-refractivity contribution in [3.63, 3.8) is 0 Å². The van der Waals surface area contributed by atoms with Crippen LogP contribution in [-0.4, -0.2) is 42.6 Å². The second-order valence-corrected chi connectivity index (χ2v) is 6.78. The van der Waals surface area contributed by atoms with Crippen LogP contribution in [0.1, 0.15) is 29.0 Å². The van der Waals surface area contributed by atoms with E-state index in [0.29, 0.717) is 24.8 Å². The van der Waals surface area contributed by atoms with E-state index >= 15 is 0 Å². The first kappa shape index (κ1) is 17.9. The highest BCUT2D eigenvalue weighted by Crippen LogP contribution is 2.34. The number of halogens is 2. The average Bonchev–Trinajstić information content (AvgIpc) is 2.96. The third kappa shape index (κ3) is 3.55. The van der Waals surface area contributed by atoms with E-state index in [1.54, 1.807) is 17.9 Å². The smallest absolute Gasteiger partial charge is 0.259 e. The van der Waals surface area contributed by atoms with Gasteiger partial charge in [-0.1, -0.05) is 22.8 Å². The fourth-order valence-corrected chi connectivity index (χ4v) is 3.63. The molecule has 0 radical (unpaired) electrons. The number of nitrogens with one attached hydrogen (secondary N) is 1. The molecule has 2 aromatic rings. The summed E-state index contributed by atoms with van der Waals surface area (Å²) in [5, 5.41) is 7.28. The summed E-state index contributed by atoms with van der Waals surface area (Å²) in [5.41, 5.74) is 0.562. The van der Waals surface area contributed by atoms with Crippen LogP contribution in [0.3, 0.4) is 0 Å². The lowest BCUT2D eigenvalue weighted by molar-refractivity contribution is 0.0673. The predicted octanol–water partition coefficient (Wildman–Crippen LogP) is 3.51. The van der Waals surface area contributed by atoms with Gasteiger partial charge in [0.05, 0.1) is 10.6 Å². The van der Waals surface area contributed by atoms with E-state index in [2.05, 4.69) is 10.5 Å².